The highest BCUT2D eigenvalue weighted by atomic mass is 28.4. The number of aliphatic hydroxyl groups excluding tert-OH is 2. The highest BCUT2D eigenvalue weighted by molar-refractivity contribution is 6.83. The van der Waals surface area contributed by atoms with E-state index in [1.165, 1.54) is 0 Å². The van der Waals surface area contributed by atoms with Gasteiger partial charge in [-0.25, -0.2) is 0 Å². The van der Waals surface area contributed by atoms with Gasteiger partial charge >= 0.3 is 0 Å². The first-order valence-electron chi connectivity index (χ1n) is 14.3. The number of carbonyl (C=O) groups excluding carboxylic acids is 1. The quantitative estimate of drug-likeness (QED) is 0.327. The maximum atomic E-state index is 12.5. The lowest BCUT2D eigenvalue weighted by Crippen LogP contribution is -2.62. The Morgan fingerprint density at radius 3 is 2.16 bits per heavy atom. The molecule has 9 heteroatoms. The summed E-state index contributed by atoms with van der Waals surface area (Å²) < 4.78 is 5.90. The molecule has 3 N–H and O–H groups in total. The Bertz CT molecular complexity index is 858. The molecule has 0 saturated heterocycles. The Morgan fingerprint density at radius 2 is 1.65 bits per heavy atom. The maximum absolute atomic E-state index is 12.5. The summed E-state index contributed by atoms with van der Waals surface area (Å²) in [4.78, 5) is 17.8. The average molecular weight is 556 g/mol. The lowest BCUT2D eigenvalue weighted by molar-refractivity contribution is -0.160. The third-order valence-electron chi connectivity index (χ3n) is 9.92. The van der Waals surface area contributed by atoms with Crippen LogP contribution in [-0.4, -0.2) is 68.9 Å². The van der Waals surface area contributed by atoms with Gasteiger partial charge in [0.25, 0.3) is 0 Å². The number of hydrogen-bond acceptors (Lipinski definition) is 7. The van der Waals surface area contributed by atoms with Gasteiger partial charge in [-0.15, -0.1) is 0 Å². The molecule has 4 fully saturated rings. The molecule has 0 bridgehead atoms. The van der Waals surface area contributed by atoms with E-state index in [0.29, 0.717) is 24.7 Å². The zero-order valence-electron chi connectivity index (χ0n) is 24.8. The van der Waals surface area contributed by atoms with Crippen LogP contribution >= 0.6 is 0 Å². The van der Waals surface area contributed by atoms with Crippen LogP contribution in [0.3, 0.4) is 0 Å². The summed E-state index contributed by atoms with van der Waals surface area (Å²) in [7, 11) is -0.903. The summed E-state index contributed by atoms with van der Waals surface area (Å²) in [5.74, 6) is 0.864. The predicted molar refractivity (Wildman–Crippen MR) is 152 cm³/mol. The molecule has 4 saturated carbocycles. The van der Waals surface area contributed by atoms with Gasteiger partial charge in [-0.05, 0) is 114 Å². The molecular formula is C28H53NO6Si2. The van der Waals surface area contributed by atoms with Crippen molar-refractivity contribution < 1.29 is 29.1 Å². The van der Waals surface area contributed by atoms with Crippen molar-refractivity contribution in [1.82, 2.24) is 0 Å². The van der Waals surface area contributed by atoms with Gasteiger partial charge in [-0.3, -0.25) is 4.79 Å². The van der Waals surface area contributed by atoms with Gasteiger partial charge in [0.05, 0.1) is 11.8 Å². The van der Waals surface area contributed by atoms with Crippen molar-refractivity contribution in [2.45, 2.75) is 116 Å². The van der Waals surface area contributed by atoms with Crippen LogP contribution in [0.4, 0.5) is 0 Å². The lowest BCUT2D eigenvalue weighted by Gasteiger charge is -2.61. The smallest absolute Gasteiger partial charge is 0.190 e. The Kier molecular flexibility index (Phi) is 9.01. The van der Waals surface area contributed by atoms with E-state index in [1.54, 1.807) is 7.11 Å². The first-order valence-corrected chi connectivity index (χ1v) is 21.1. The molecule has 0 aromatic heterocycles. The number of aliphatic hydroxyl groups is 3. The molecule has 214 valence electrons. The molecule has 4 aliphatic carbocycles. The zero-order valence-corrected chi connectivity index (χ0v) is 26.8. The number of rotatable bonds is 5. The van der Waals surface area contributed by atoms with Gasteiger partial charge in [0, 0.05) is 11.3 Å². The van der Waals surface area contributed by atoms with Crippen molar-refractivity contribution in [2.24, 2.45) is 39.7 Å². The summed E-state index contributed by atoms with van der Waals surface area (Å²) in [6, 6.07) is 0. The molecule has 37 heavy (non-hydrogen) atoms. The van der Waals surface area contributed by atoms with Crippen LogP contribution in [-0.2, 0) is 13.7 Å². The first kappa shape index (κ1) is 30.9. The molecule has 7 nitrogen and oxygen atoms in total. The molecule has 0 radical (unpaired) electrons. The minimum Gasteiger partial charge on any atom is -0.456 e. The highest BCUT2D eigenvalue weighted by Crippen LogP contribution is 2.67. The molecule has 4 aliphatic rings. The van der Waals surface area contributed by atoms with E-state index in [4.69, 9.17) is 8.95 Å². The van der Waals surface area contributed by atoms with Crippen LogP contribution in [0, 0.1) is 34.5 Å². The number of oxime groups is 1. The fourth-order valence-electron chi connectivity index (χ4n) is 8.80. The minimum atomic E-state index is -1.49. The second kappa shape index (κ2) is 10.8. The molecule has 0 amide bonds. The van der Waals surface area contributed by atoms with Crippen LogP contribution in [0.25, 0.3) is 0 Å². The van der Waals surface area contributed by atoms with E-state index in [0.717, 1.165) is 44.2 Å². The minimum absolute atomic E-state index is 0.0720. The Hall–Kier alpha value is -0.586. The SMILES string of the molecule is CON=C1CC2(C)C(CCC2(O)C(=O)CO)C2CCC3CC(O)CCC3(C)C12.C[Si](C)(C)O[Si](C)(C)C. The van der Waals surface area contributed by atoms with E-state index < -0.39 is 40.0 Å². The van der Waals surface area contributed by atoms with Gasteiger partial charge in [-0.1, -0.05) is 19.0 Å². The summed E-state index contributed by atoms with van der Waals surface area (Å²) in [6.45, 7) is 17.2. The van der Waals surface area contributed by atoms with Crippen LogP contribution in [0.1, 0.15) is 65.2 Å². The lowest BCUT2D eigenvalue weighted by atomic mass is 9.43. The van der Waals surface area contributed by atoms with Crippen LogP contribution in [0.15, 0.2) is 5.16 Å². The number of hydrogen-bond donors (Lipinski definition) is 3. The molecule has 0 spiro atoms. The van der Waals surface area contributed by atoms with E-state index in [1.807, 2.05) is 6.92 Å². The molecule has 0 aromatic rings. The summed E-state index contributed by atoms with van der Waals surface area (Å²) in [6.07, 6.45) is 6.31. The van der Waals surface area contributed by atoms with Gasteiger partial charge in [-0.2, -0.15) is 0 Å². The third-order valence-corrected chi connectivity index (χ3v) is 14.8. The number of Topliss-reactive ketones (excluding diaryl/α,β-unsaturated/α-hetero) is 1. The first-order chi connectivity index (χ1) is 16.9. The molecule has 0 heterocycles. The van der Waals surface area contributed by atoms with E-state index >= 15 is 0 Å². The fourth-order valence-corrected chi connectivity index (χ4v) is 16.2. The summed E-state index contributed by atoms with van der Waals surface area (Å²) >= 11 is 0. The van der Waals surface area contributed by atoms with E-state index in [2.05, 4.69) is 51.4 Å². The van der Waals surface area contributed by atoms with Crippen molar-refractivity contribution in [3.8, 4) is 0 Å². The standard InChI is InChI=1S/C22H35NO5.C6H18OSi2/c1-20-8-6-14(25)10-13(20)4-5-15-16-7-9-22(27,18(26)12-24)21(16,2)11-17(19(15)20)23-28-3;1-8(2,3)7-9(4,5)6/h13-16,19,24-25,27H,4-12H2,1-3H3;1-6H3. The number of carbonyl (C=O) groups is 1. The normalized spacial score (nSPS) is 42.7. The number of fused-ring (bicyclic) bond motifs is 5. The van der Waals surface area contributed by atoms with Crippen molar-refractivity contribution in [2.75, 3.05) is 13.7 Å². The molecule has 4 rings (SSSR count). The van der Waals surface area contributed by atoms with Crippen LogP contribution in [0.5, 0.6) is 0 Å². The maximum Gasteiger partial charge on any atom is 0.190 e. The second-order valence-corrected chi connectivity index (χ2v) is 23.9. The third kappa shape index (κ3) is 5.97. The van der Waals surface area contributed by atoms with Crippen molar-refractivity contribution in [3.63, 3.8) is 0 Å². The fraction of sp³-hybridized carbons (Fsp3) is 0.929. The number of ketones is 1. The van der Waals surface area contributed by atoms with Crippen molar-refractivity contribution >= 4 is 28.1 Å². The molecular weight excluding hydrogens is 502 g/mol. The Labute approximate surface area is 226 Å². The van der Waals surface area contributed by atoms with Gasteiger partial charge in [0.15, 0.2) is 22.4 Å². The molecule has 8 unspecified atom stereocenters. The zero-order chi connectivity index (χ0) is 28.0. The second-order valence-electron chi connectivity index (χ2n) is 14.6. The number of nitrogens with zero attached hydrogens (tertiary/aromatic N) is 1. The summed E-state index contributed by atoms with van der Waals surface area (Å²) in [5, 5.41) is 35.6. The monoisotopic (exact) mass is 555 g/mol. The van der Waals surface area contributed by atoms with Crippen LogP contribution in [0.2, 0.25) is 39.3 Å². The van der Waals surface area contributed by atoms with Crippen LogP contribution < -0.4 is 0 Å². The van der Waals surface area contributed by atoms with Gasteiger partial charge < -0.3 is 24.3 Å². The summed E-state index contributed by atoms with van der Waals surface area (Å²) in [5.41, 5.74) is -1.08. The predicted octanol–water partition coefficient (Wildman–Crippen LogP) is 4.97. The molecule has 0 aromatic carbocycles. The van der Waals surface area contributed by atoms with E-state index in [-0.39, 0.29) is 23.4 Å². The van der Waals surface area contributed by atoms with Gasteiger partial charge in [0.1, 0.15) is 19.3 Å². The largest absolute Gasteiger partial charge is 0.456 e. The average Bonchev–Trinajstić information content (AvgIpc) is 3.03. The molecule has 0 aliphatic heterocycles. The van der Waals surface area contributed by atoms with E-state index in [9.17, 15) is 20.1 Å². The van der Waals surface area contributed by atoms with Crippen molar-refractivity contribution in [3.05, 3.63) is 0 Å². The van der Waals surface area contributed by atoms with Gasteiger partial charge in [0.2, 0.25) is 0 Å². The highest BCUT2D eigenvalue weighted by Gasteiger charge is 2.68. The molecule has 8 atom stereocenters. The van der Waals surface area contributed by atoms with Crippen molar-refractivity contribution in [1.29, 1.82) is 0 Å². The Balaban J connectivity index is 0.000000364. The topological polar surface area (TPSA) is 109 Å². The Morgan fingerprint density at radius 1 is 1.03 bits per heavy atom.